The van der Waals surface area contributed by atoms with E-state index in [1.165, 1.54) is 0 Å². The molecule has 17 heavy (non-hydrogen) atoms. The summed E-state index contributed by atoms with van der Waals surface area (Å²) in [5.74, 6) is -0.932. The number of hydrogen-bond donors (Lipinski definition) is 2. The molecule has 1 fully saturated rings. The summed E-state index contributed by atoms with van der Waals surface area (Å²) >= 11 is 0. The average Bonchev–Trinajstić information content (AvgIpc) is 2.28. The van der Waals surface area contributed by atoms with Gasteiger partial charge < -0.3 is 16.0 Å². The molecule has 1 rings (SSSR count). The van der Waals surface area contributed by atoms with Crippen molar-refractivity contribution in [2.24, 2.45) is 5.73 Å². The highest BCUT2D eigenvalue weighted by atomic mass is 16.2. The predicted molar refractivity (Wildman–Crippen MR) is 65.4 cm³/mol. The van der Waals surface area contributed by atoms with E-state index in [1.807, 2.05) is 13.8 Å². The van der Waals surface area contributed by atoms with E-state index in [0.29, 0.717) is 19.6 Å². The molecule has 0 atom stereocenters. The molecule has 6 heteroatoms. The highest BCUT2D eigenvalue weighted by molar-refractivity contribution is 6.35. The molecule has 1 saturated heterocycles. The zero-order valence-electron chi connectivity index (χ0n) is 10.6. The van der Waals surface area contributed by atoms with Gasteiger partial charge in [0, 0.05) is 45.3 Å². The highest BCUT2D eigenvalue weighted by Gasteiger charge is 2.25. The van der Waals surface area contributed by atoms with E-state index in [-0.39, 0.29) is 6.04 Å². The fraction of sp³-hybridized carbons (Fsp3) is 0.818. The van der Waals surface area contributed by atoms with Gasteiger partial charge in [-0.25, -0.2) is 0 Å². The first-order chi connectivity index (χ1) is 8.04. The molecule has 2 amide bonds. The first kappa shape index (κ1) is 13.9. The van der Waals surface area contributed by atoms with Crippen LogP contribution in [0.25, 0.3) is 0 Å². The van der Waals surface area contributed by atoms with Crippen molar-refractivity contribution in [1.29, 1.82) is 0 Å². The number of nitrogens with one attached hydrogen (secondary N) is 1. The maximum atomic E-state index is 11.8. The number of rotatable bonds is 3. The van der Waals surface area contributed by atoms with Gasteiger partial charge in [0.2, 0.25) is 0 Å². The zero-order valence-corrected chi connectivity index (χ0v) is 10.6. The molecule has 1 aliphatic rings. The van der Waals surface area contributed by atoms with E-state index in [4.69, 9.17) is 5.73 Å². The van der Waals surface area contributed by atoms with Crippen molar-refractivity contribution in [2.75, 3.05) is 39.3 Å². The second kappa shape index (κ2) is 6.56. The van der Waals surface area contributed by atoms with Crippen molar-refractivity contribution >= 4 is 11.8 Å². The Labute approximate surface area is 102 Å². The van der Waals surface area contributed by atoms with Crippen LogP contribution in [0.3, 0.4) is 0 Å². The maximum absolute atomic E-state index is 11.8. The molecule has 0 unspecified atom stereocenters. The van der Waals surface area contributed by atoms with Crippen LogP contribution < -0.4 is 11.1 Å². The van der Waals surface area contributed by atoms with E-state index in [0.717, 1.165) is 19.6 Å². The van der Waals surface area contributed by atoms with Gasteiger partial charge in [-0.1, -0.05) is 0 Å². The van der Waals surface area contributed by atoms with Gasteiger partial charge in [0.25, 0.3) is 0 Å². The van der Waals surface area contributed by atoms with Crippen molar-refractivity contribution in [3.63, 3.8) is 0 Å². The Balaban J connectivity index is 2.37. The van der Waals surface area contributed by atoms with Gasteiger partial charge in [-0.2, -0.15) is 0 Å². The molecule has 98 valence electrons. The molecule has 1 heterocycles. The van der Waals surface area contributed by atoms with E-state index in [1.54, 1.807) is 4.90 Å². The minimum absolute atomic E-state index is 0.00928. The number of nitrogens with zero attached hydrogens (tertiary/aromatic N) is 2. The molecule has 0 spiro atoms. The lowest BCUT2D eigenvalue weighted by Gasteiger charge is -2.34. The summed E-state index contributed by atoms with van der Waals surface area (Å²) in [6.45, 7) is 7.93. The zero-order chi connectivity index (χ0) is 12.8. The van der Waals surface area contributed by atoms with Crippen molar-refractivity contribution in [1.82, 2.24) is 15.1 Å². The van der Waals surface area contributed by atoms with Gasteiger partial charge in [0.1, 0.15) is 0 Å². The number of carbonyl (C=O) groups excluding carboxylic acids is 2. The minimum atomic E-state index is -0.507. The molecule has 0 bridgehead atoms. The first-order valence-corrected chi connectivity index (χ1v) is 6.06. The summed E-state index contributed by atoms with van der Waals surface area (Å²) in [6, 6.07) is -0.00928. The third kappa shape index (κ3) is 4.32. The number of piperazine rings is 1. The van der Waals surface area contributed by atoms with Crippen LogP contribution in [0.15, 0.2) is 0 Å². The van der Waals surface area contributed by atoms with E-state index in [9.17, 15) is 9.59 Å². The molecule has 0 aromatic heterocycles. The van der Waals surface area contributed by atoms with Crippen LogP contribution in [-0.2, 0) is 9.59 Å². The minimum Gasteiger partial charge on any atom is -0.346 e. The van der Waals surface area contributed by atoms with Crippen LogP contribution in [0, 0.1) is 0 Å². The molecular formula is C11H22N4O2. The number of amides is 2. The standard InChI is InChI=1S/C11H22N4O2/c1-9(2)13-10(16)11(17)15-7-5-14(4-3-12)6-8-15/h9H,3-8,12H2,1-2H3,(H,13,16). The van der Waals surface area contributed by atoms with Crippen LogP contribution in [0.1, 0.15) is 13.8 Å². The average molecular weight is 242 g/mol. The van der Waals surface area contributed by atoms with Gasteiger partial charge in [0.05, 0.1) is 0 Å². The van der Waals surface area contributed by atoms with Crippen molar-refractivity contribution in [3.05, 3.63) is 0 Å². The van der Waals surface area contributed by atoms with Crippen molar-refractivity contribution < 1.29 is 9.59 Å². The second-order valence-electron chi connectivity index (χ2n) is 4.55. The molecular weight excluding hydrogens is 220 g/mol. The third-order valence-corrected chi connectivity index (χ3v) is 2.72. The monoisotopic (exact) mass is 242 g/mol. The largest absolute Gasteiger partial charge is 0.346 e. The number of nitrogens with two attached hydrogens (primary N) is 1. The van der Waals surface area contributed by atoms with Gasteiger partial charge in [-0.05, 0) is 13.8 Å². The Morgan fingerprint density at radius 3 is 2.29 bits per heavy atom. The third-order valence-electron chi connectivity index (χ3n) is 2.72. The van der Waals surface area contributed by atoms with Gasteiger partial charge in [0.15, 0.2) is 0 Å². The summed E-state index contributed by atoms with van der Waals surface area (Å²) < 4.78 is 0. The van der Waals surface area contributed by atoms with E-state index in [2.05, 4.69) is 10.2 Å². The van der Waals surface area contributed by atoms with Gasteiger partial charge in [-0.3, -0.25) is 14.5 Å². The van der Waals surface area contributed by atoms with Crippen molar-refractivity contribution in [3.8, 4) is 0 Å². The van der Waals surface area contributed by atoms with Gasteiger partial charge >= 0.3 is 11.8 Å². The lowest BCUT2D eigenvalue weighted by molar-refractivity contribution is -0.147. The summed E-state index contributed by atoms with van der Waals surface area (Å²) in [7, 11) is 0. The Bertz CT molecular complexity index is 273. The molecule has 6 nitrogen and oxygen atoms in total. The molecule has 0 aromatic rings. The Hall–Kier alpha value is -1.14. The van der Waals surface area contributed by atoms with Crippen LogP contribution in [-0.4, -0.2) is 66.9 Å². The smallest absolute Gasteiger partial charge is 0.311 e. The lowest BCUT2D eigenvalue weighted by atomic mass is 10.3. The highest BCUT2D eigenvalue weighted by Crippen LogP contribution is 2.01. The molecule has 0 saturated carbocycles. The Morgan fingerprint density at radius 2 is 1.82 bits per heavy atom. The summed E-state index contributed by atoms with van der Waals surface area (Å²) in [4.78, 5) is 27.1. The fourth-order valence-electron chi connectivity index (χ4n) is 1.82. The topological polar surface area (TPSA) is 78.7 Å². The predicted octanol–water partition coefficient (Wildman–Crippen LogP) is -1.39. The van der Waals surface area contributed by atoms with Crippen LogP contribution in [0.2, 0.25) is 0 Å². The normalized spacial score (nSPS) is 17.3. The van der Waals surface area contributed by atoms with E-state index < -0.39 is 11.8 Å². The number of hydrogen-bond acceptors (Lipinski definition) is 4. The molecule has 0 aromatic carbocycles. The molecule has 1 aliphatic heterocycles. The number of carbonyl (C=O) groups is 2. The van der Waals surface area contributed by atoms with Crippen molar-refractivity contribution in [2.45, 2.75) is 19.9 Å². The maximum Gasteiger partial charge on any atom is 0.311 e. The molecule has 0 radical (unpaired) electrons. The Morgan fingerprint density at radius 1 is 1.24 bits per heavy atom. The quantitative estimate of drug-likeness (QED) is 0.598. The Kier molecular flexibility index (Phi) is 5.37. The summed E-state index contributed by atoms with van der Waals surface area (Å²) in [6.07, 6.45) is 0. The van der Waals surface area contributed by atoms with Crippen LogP contribution in [0.4, 0.5) is 0 Å². The second-order valence-corrected chi connectivity index (χ2v) is 4.55. The fourth-order valence-corrected chi connectivity index (χ4v) is 1.82. The van der Waals surface area contributed by atoms with Crippen LogP contribution in [0.5, 0.6) is 0 Å². The molecule has 3 N–H and O–H groups in total. The lowest BCUT2D eigenvalue weighted by Crippen LogP contribution is -2.53. The summed E-state index contributed by atoms with van der Waals surface area (Å²) in [5.41, 5.74) is 5.47. The SMILES string of the molecule is CC(C)NC(=O)C(=O)N1CCN(CCN)CC1. The summed E-state index contributed by atoms with van der Waals surface area (Å²) in [5, 5.41) is 2.61. The van der Waals surface area contributed by atoms with Gasteiger partial charge in [-0.15, -0.1) is 0 Å². The van der Waals surface area contributed by atoms with Crippen LogP contribution >= 0.6 is 0 Å². The first-order valence-electron chi connectivity index (χ1n) is 6.06. The van der Waals surface area contributed by atoms with E-state index >= 15 is 0 Å². The molecule has 0 aliphatic carbocycles.